The van der Waals surface area contributed by atoms with Gasteiger partial charge in [0.1, 0.15) is 12.1 Å². The van der Waals surface area contributed by atoms with Crippen molar-refractivity contribution in [2.75, 3.05) is 38.0 Å². The fourth-order valence-corrected chi connectivity index (χ4v) is 4.99. The van der Waals surface area contributed by atoms with Crippen LogP contribution in [0.5, 0.6) is 0 Å². The average Bonchev–Trinajstić information content (AvgIpc) is 3.32. The zero-order valence-corrected chi connectivity index (χ0v) is 18.2. The lowest BCUT2D eigenvalue weighted by molar-refractivity contribution is -0.130. The van der Waals surface area contributed by atoms with Gasteiger partial charge >= 0.3 is 0 Å². The monoisotopic (exact) mass is 459 g/mol. The van der Waals surface area contributed by atoms with Crippen LogP contribution >= 0.6 is 0 Å². The van der Waals surface area contributed by atoms with Gasteiger partial charge < -0.3 is 10.2 Å². The van der Waals surface area contributed by atoms with Gasteiger partial charge in [0.15, 0.2) is 0 Å². The Labute approximate surface area is 184 Å². The minimum absolute atomic E-state index is 0.0836. The van der Waals surface area contributed by atoms with Crippen molar-refractivity contribution in [2.45, 2.75) is 11.8 Å². The number of nitrogens with one attached hydrogen (secondary N) is 1. The summed E-state index contributed by atoms with van der Waals surface area (Å²) in [6.45, 7) is 2.86. The van der Waals surface area contributed by atoms with Gasteiger partial charge in [0.25, 0.3) is 0 Å². The van der Waals surface area contributed by atoms with Crippen LogP contribution in [-0.4, -0.2) is 76.5 Å². The molecule has 12 heteroatoms. The lowest BCUT2D eigenvalue weighted by atomic mass is 10.2. The smallest absolute Gasteiger partial charge is 0.243 e. The third kappa shape index (κ3) is 4.60. The fraction of sp³-hybridized carbons (Fsp3) is 0.300. The molecule has 0 saturated carbocycles. The van der Waals surface area contributed by atoms with E-state index in [0.717, 1.165) is 23.0 Å². The summed E-state index contributed by atoms with van der Waals surface area (Å²) in [5.74, 6) is -0.734. The minimum atomic E-state index is -3.79. The molecule has 1 aliphatic heterocycles. The number of carbonyl (C=O) groups is 1. The Bertz CT molecular complexity index is 1210. The van der Waals surface area contributed by atoms with Crippen LogP contribution in [-0.2, 0) is 14.8 Å². The number of tetrazole rings is 1. The summed E-state index contributed by atoms with van der Waals surface area (Å²) in [6.07, 6.45) is 1.51. The summed E-state index contributed by atoms with van der Waals surface area (Å²) in [7, 11) is -3.79. The first-order valence-electron chi connectivity index (χ1n) is 9.96. The van der Waals surface area contributed by atoms with Gasteiger partial charge in [-0.2, -0.15) is 4.31 Å². The summed E-state index contributed by atoms with van der Waals surface area (Å²) in [5.41, 5.74) is 2.55. The van der Waals surface area contributed by atoms with Crippen molar-refractivity contribution in [3.05, 3.63) is 60.2 Å². The highest BCUT2D eigenvalue weighted by Crippen LogP contribution is 2.20. The maximum atomic E-state index is 13.4. The highest BCUT2D eigenvalue weighted by Gasteiger charge is 2.30. The third-order valence-electron chi connectivity index (χ3n) is 5.26. The summed E-state index contributed by atoms with van der Waals surface area (Å²) in [5, 5.41) is 14.2. The van der Waals surface area contributed by atoms with E-state index in [2.05, 4.69) is 20.8 Å². The number of hydrogen-bond donors (Lipinski definition) is 1. The Hall–Kier alpha value is -3.38. The van der Waals surface area contributed by atoms with Crippen molar-refractivity contribution in [3.63, 3.8) is 0 Å². The number of amides is 1. The molecule has 2 aromatic carbocycles. The number of piperazine rings is 1. The lowest BCUT2D eigenvalue weighted by Gasteiger charge is -2.34. The SMILES string of the molecule is Cc1cc(NCC(=O)N2CCN(S(=O)(=O)c3cccc(F)c3)CC2)ccc1-n1cnnn1. The second-order valence-electron chi connectivity index (χ2n) is 7.35. The molecular formula is C20H22FN7O3S. The number of hydrogen-bond acceptors (Lipinski definition) is 7. The third-order valence-corrected chi connectivity index (χ3v) is 7.16. The Balaban J connectivity index is 1.32. The van der Waals surface area contributed by atoms with Crippen LogP contribution in [0.4, 0.5) is 10.1 Å². The number of benzene rings is 2. The summed E-state index contributed by atoms with van der Waals surface area (Å²) >= 11 is 0. The summed E-state index contributed by atoms with van der Waals surface area (Å²) in [6, 6.07) is 10.5. The van der Waals surface area contributed by atoms with Crippen LogP contribution in [0, 0.1) is 12.7 Å². The van der Waals surface area contributed by atoms with E-state index in [4.69, 9.17) is 0 Å². The van der Waals surface area contributed by atoms with Gasteiger partial charge in [0.2, 0.25) is 15.9 Å². The standard InChI is InChI=1S/C20H22FN7O3S/c1-15-11-17(5-6-19(15)28-14-23-24-25-28)22-13-20(29)26-7-9-27(10-8-26)32(30,31)18-4-2-3-16(21)12-18/h2-6,11-12,14,22H,7-10,13H2,1H3. The Kier molecular flexibility index (Phi) is 6.15. The van der Waals surface area contributed by atoms with E-state index < -0.39 is 15.8 Å². The number of aryl methyl sites for hydroxylation is 1. The van der Waals surface area contributed by atoms with Crippen LogP contribution in [0.3, 0.4) is 0 Å². The molecule has 10 nitrogen and oxygen atoms in total. The van der Waals surface area contributed by atoms with Crippen molar-refractivity contribution in [1.29, 1.82) is 0 Å². The van der Waals surface area contributed by atoms with E-state index in [1.54, 1.807) is 9.58 Å². The largest absolute Gasteiger partial charge is 0.376 e. The van der Waals surface area contributed by atoms with Gasteiger partial charge in [-0.05, 0) is 59.3 Å². The van der Waals surface area contributed by atoms with E-state index in [1.165, 1.54) is 28.8 Å². The molecule has 2 heterocycles. The Morgan fingerprint density at radius 2 is 1.91 bits per heavy atom. The van der Waals surface area contributed by atoms with Gasteiger partial charge in [-0.1, -0.05) is 6.07 Å². The molecule has 1 aromatic heterocycles. The zero-order chi connectivity index (χ0) is 22.7. The second-order valence-corrected chi connectivity index (χ2v) is 9.29. The number of nitrogens with zero attached hydrogens (tertiary/aromatic N) is 6. The van der Waals surface area contributed by atoms with E-state index in [9.17, 15) is 17.6 Å². The van der Waals surface area contributed by atoms with Crippen LogP contribution in [0.15, 0.2) is 53.7 Å². The Morgan fingerprint density at radius 3 is 2.56 bits per heavy atom. The molecule has 168 valence electrons. The molecule has 1 fully saturated rings. The maximum absolute atomic E-state index is 13.4. The number of carbonyl (C=O) groups excluding carboxylic acids is 1. The number of anilines is 1. The van der Waals surface area contributed by atoms with Gasteiger partial charge in [-0.25, -0.2) is 17.5 Å². The van der Waals surface area contributed by atoms with Gasteiger partial charge in [0.05, 0.1) is 17.1 Å². The van der Waals surface area contributed by atoms with Crippen molar-refractivity contribution < 1.29 is 17.6 Å². The Morgan fingerprint density at radius 1 is 1.12 bits per heavy atom. The van der Waals surface area contributed by atoms with Crippen molar-refractivity contribution in [3.8, 4) is 5.69 Å². The number of sulfonamides is 1. The molecule has 0 radical (unpaired) electrons. The van der Waals surface area contributed by atoms with Crippen molar-refractivity contribution in [1.82, 2.24) is 29.4 Å². The highest BCUT2D eigenvalue weighted by atomic mass is 32.2. The lowest BCUT2D eigenvalue weighted by Crippen LogP contribution is -2.51. The minimum Gasteiger partial charge on any atom is -0.376 e. The predicted molar refractivity (Wildman–Crippen MR) is 114 cm³/mol. The molecule has 1 amide bonds. The van der Waals surface area contributed by atoms with Crippen molar-refractivity contribution in [2.24, 2.45) is 0 Å². The maximum Gasteiger partial charge on any atom is 0.243 e. The van der Waals surface area contributed by atoms with Crippen LogP contribution in [0.25, 0.3) is 5.69 Å². The quantitative estimate of drug-likeness (QED) is 0.586. The normalized spacial score (nSPS) is 15.0. The molecular weight excluding hydrogens is 437 g/mol. The van der Waals surface area contributed by atoms with E-state index >= 15 is 0 Å². The molecule has 3 aromatic rings. The van der Waals surface area contributed by atoms with Gasteiger partial charge in [-0.3, -0.25) is 4.79 Å². The first kappa shape index (κ1) is 21.8. The van der Waals surface area contributed by atoms with E-state index in [-0.39, 0.29) is 43.5 Å². The van der Waals surface area contributed by atoms with Crippen LogP contribution in [0.2, 0.25) is 0 Å². The van der Waals surface area contributed by atoms with Gasteiger partial charge in [-0.15, -0.1) is 5.10 Å². The highest BCUT2D eigenvalue weighted by molar-refractivity contribution is 7.89. The average molecular weight is 460 g/mol. The second kappa shape index (κ2) is 9.01. The van der Waals surface area contributed by atoms with E-state index in [1.807, 2.05) is 25.1 Å². The molecule has 0 aliphatic carbocycles. The molecule has 0 unspecified atom stereocenters. The molecule has 0 atom stereocenters. The first-order valence-corrected chi connectivity index (χ1v) is 11.4. The summed E-state index contributed by atoms with van der Waals surface area (Å²) < 4.78 is 41.7. The molecule has 32 heavy (non-hydrogen) atoms. The zero-order valence-electron chi connectivity index (χ0n) is 17.3. The molecule has 1 N–H and O–H groups in total. The molecule has 1 saturated heterocycles. The predicted octanol–water partition coefficient (Wildman–Crippen LogP) is 1.05. The molecule has 4 rings (SSSR count). The van der Waals surface area contributed by atoms with E-state index in [0.29, 0.717) is 0 Å². The topological polar surface area (TPSA) is 113 Å². The fourth-order valence-electron chi connectivity index (χ4n) is 3.54. The van der Waals surface area contributed by atoms with Gasteiger partial charge in [0, 0.05) is 31.9 Å². The number of halogens is 1. The first-order chi connectivity index (χ1) is 15.3. The van der Waals surface area contributed by atoms with Crippen molar-refractivity contribution >= 4 is 21.6 Å². The molecule has 0 spiro atoms. The molecule has 1 aliphatic rings. The van der Waals surface area contributed by atoms with Crippen LogP contribution in [0.1, 0.15) is 5.56 Å². The number of aromatic nitrogens is 4. The number of rotatable bonds is 6. The molecule has 0 bridgehead atoms. The van der Waals surface area contributed by atoms with Crippen LogP contribution < -0.4 is 5.32 Å². The summed E-state index contributed by atoms with van der Waals surface area (Å²) in [4.78, 5) is 14.1.